The van der Waals surface area contributed by atoms with Crippen molar-refractivity contribution in [2.24, 2.45) is 0 Å². The summed E-state index contributed by atoms with van der Waals surface area (Å²) in [5.74, 6) is 0.822. The summed E-state index contributed by atoms with van der Waals surface area (Å²) in [7, 11) is -2.96. The van der Waals surface area contributed by atoms with Crippen LogP contribution in [0.3, 0.4) is 0 Å². The molecule has 1 unspecified atom stereocenters. The van der Waals surface area contributed by atoms with Gasteiger partial charge in [0.1, 0.15) is 28.3 Å². The molecule has 0 saturated heterocycles. The molecule has 0 amide bonds. The fourth-order valence-electron chi connectivity index (χ4n) is 1.73. The number of aryl methyl sites for hydroxylation is 2. The van der Waals surface area contributed by atoms with Crippen LogP contribution in [0.15, 0.2) is 18.2 Å². The van der Waals surface area contributed by atoms with Crippen LogP contribution in [-0.4, -0.2) is 51.3 Å². The number of sulfone groups is 1. The second kappa shape index (κ2) is 7.61. The Morgan fingerprint density at radius 1 is 1.35 bits per heavy atom. The third kappa shape index (κ3) is 6.88. The van der Waals surface area contributed by atoms with Crippen molar-refractivity contribution in [1.82, 2.24) is 5.32 Å². The number of ether oxygens (including phenoxy) is 1. The zero-order valence-electron chi connectivity index (χ0n) is 12.2. The lowest BCUT2D eigenvalue weighted by Crippen LogP contribution is -2.34. The first-order valence-corrected chi connectivity index (χ1v) is 8.60. The minimum atomic E-state index is -2.96. The highest BCUT2D eigenvalue weighted by Gasteiger charge is 2.07. The topological polar surface area (TPSA) is 75.6 Å². The number of aliphatic hydroxyl groups excluding tert-OH is 1. The molecule has 0 heterocycles. The number of rotatable bonds is 8. The molecule has 1 aromatic carbocycles. The van der Waals surface area contributed by atoms with Crippen molar-refractivity contribution in [2.45, 2.75) is 20.0 Å². The molecule has 0 radical (unpaired) electrons. The van der Waals surface area contributed by atoms with E-state index in [0.29, 0.717) is 13.1 Å². The molecule has 1 rings (SSSR count). The zero-order chi connectivity index (χ0) is 15.2. The van der Waals surface area contributed by atoms with Crippen molar-refractivity contribution >= 4 is 9.84 Å². The molecule has 0 aliphatic heterocycles. The van der Waals surface area contributed by atoms with Crippen molar-refractivity contribution in [3.63, 3.8) is 0 Å². The SMILES string of the molecule is Cc1ccc(OCC(O)CNCCS(C)(=O)=O)c(C)c1. The lowest BCUT2D eigenvalue weighted by molar-refractivity contribution is 0.106. The van der Waals surface area contributed by atoms with Gasteiger partial charge in [-0.1, -0.05) is 17.7 Å². The van der Waals surface area contributed by atoms with Crippen molar-refractivity contribution < 1.29 is 18.3 Å². The summed E-state index contributed by atoms with van der Waals surface area (Å²) in [6.45, 7) is 4.78. The smallest absolute Gasteiger partial charge is 0.148 e. The first-order valence-electron chi connectivity index (χ1n) is 6.54. The van der Waals surface area contributed by atoms with E-state index in [1.807, 2.05) is 32.0 Å². The Bertz CT molecular complexity index is 528. The molecule has 0 aromatic heterocycles. The second-order valence-corrected chi connectivity index (χ2v) is 7.33. The molecule has 1 aromatic rings. The second-order valence-electron chi connectivity index (χ2n) is 5.07. The predicted molar refractivity (Wildman–Crippen MR) is 80.0 cm³/mol. The van der Waals surface area contributed by atoms with Gasteiger partial charge < -0.3 is 15.2 Å². The lowest BCUT2D eigenvalue weighted by atomic mass is 10.1. The van der Waals surface area contributed by atoms with E-state index >= 15 is 0 Å². The molecule has 0 saturated carbocycles. The number of hydrogen-bond donors (Lipinski definition) is 2. The molecule has 0 aliphatic rings. The van der Waals surface area contributed by atoms with Crippen LogP contribution in [0.2, 0.25) is 0 Å². The Balaban J connectivity index is 2.27. The van der Waals surface area contributed by atoms with Crippen LogP contribution in [0.1, 0.15) is 11.1 Å². The fraction of sp³-hybridized carbons (Fsp3) is 0.571. The third-order valence-corrected chi connectivity index (χ3v) is 3.74. The van der Waals surface area contributed by atoms with Crippen LogP contribution in [-0.2, 0) is 9.84 Å². The molecule has 0 bridgehead atoms. The lowest BCUT2D eigenvalue weighted by Gasteiger charge is -2.14. The molecule has 2 N–H and O–H groups in total. The highest BCUT2D eigenvalue weighted by atomic mass is 32.2. The molecule has 20 heavy (non-hydrogen) atoms. The molecule has 114 valence electrons. The predicted octanol–water partition coefficient (Wildman–Crippen LogP) is 0.677. The van der Waals surface area contributed by atoms with E-state index in [1.165, 1.54) is 6.26 Å². The maximum atomic E-state index is 10.9. The van der Waals surface area contributed by atoms with E-state index in [2.05, 4.69) is 5.32 Å². The molecule has 6 heteroatoms. The van der Waals surface area contributed by atoms with Gasteiger partial charge in [0, 0.05) is 19.3 Å². The van der Waals surface area contributed by atoms with Gasteiger partial charge in [-0.15, -0.1) is 0 Å². The van der Waals surface area contributed by atoms with Crippen LogP contribution >= 0.6 is 0 Å². The van der Waals surface area contributed by atoms with Gasteiger partial charge in [-0.3, -0.25) is 0 Å². The Morgan fingerprint density at radius 2 is 2.05 bits per heavy atom. The fourth-order valence-corrected chi connectivity index (χ4v) is 2.25. The van der Waals surface area contributed by atoms with E-state index in [-0.39, 0.29) is 12.4 Å². The van der Waals surface area contributed by atoms with Crippen LogP contribution in [0, 0.1) is 13.8 Å². The van der Waals surface area contributed by atoms with Crippen LogP contribution in [0.5, 0.6) is 5.75 Å². The van der Waals surface area contributed by atoms with Crippen LogP contribution in [0.4, 0.5) is 0 Å². The first kappa shape index (κ1) is 16.9. The molecule has 0 aliphatic carbocycles. The maximum Gasteiger partial charge on any atom is 0.148 e. The summed E-state index contributed by atoms with van der Waals surface area (Å²) in [5, 5.41) is 12.6. The largest absolute Gasteiger partial charge is 0.491 e. The quantitative estimate of drug-likeness (QED) is 0.691. The molecular weight excluding hydrogens is 278 g/mol. The van der Waals surface area contributed by atoms with Gasteiger partial charge in [0.15, 0.2) is 0 Å². The van der Waals surface area contributed by atoms with Crippen molar-refractivity contribution in [2.75, 3.05) is 31.7 Å². The minimum absolute atomic E-state index is 0.0671. The molecule has 0 spiro atoms. The summed E-state index contributed by atoms with van der Waals surface area (Å²) in [4.78, 5) is 0. The third-order valence-electron chi connectivity index (χ3n) is 2.79. The van der Waals surface area contributed by atoms with E-state index in [1.54, 1.807) is 0 Å². The summed E-state index contributed by atoms with van der Waals surface area (Å²) in [5.41, 5.74) is 2.19. The molecule has 1 atom stereocenters. The monoisotopic (exact) mass is 301 g/mol. The first-order chi connectivity index (χ1) is 9.28. The molecular formula is C14H23NO4S. The normalized spacial score (nSPS) is 13.2. The zero-order valence-corrected chi connectivity index (χ0v) is 13.0. The van der Waals surface area contributed by atoms with E-state index in [4.69, 9.17) is 4.74 Å². The van der Waals surface area contributed by atoms with Gasteiger partial charge in [-0.2, -0.15) is 0 Å². The van der Waals surface area contributed by atoms with Gasteiger partial charge in [0.25, 0.3) is 0 Å². The van der Waals surface area contributed by atoms with Crippen LogP contribution in [0.25, 0.3) is 0 Å². The van der Waals surface area contributed by atoms with Gasteiger partial charge in [0.2, 0.25) is 0 Å². The van der Waals surface area contributed by atoms with Gasteiger partial charge in [0.05, 0.1) is 5.75 Å². The highest BCUT2D eigenvalue weighted by molar-refractivity contribution is 7.90. The van der Waals surface area contributed by atoms with Crippen LogP contribution < -0.4 is 10.1 Å². The Kier molecular flexibility index (Phi) is 6.45. The number of nitrogens with one attached hydrogen (secondary N) is 1. The van der Waals surface area contributed by atoms with Gasteiger partial charge in [-0.05, 0) is 25.5 Å². The number of aliphatic hydroxyl groups is 1. The Morgan fingerprint density at radius 3 is 2.65 bits per heavy atom. The minimum Gasteiger partial charge on any atom is -0.491 e. The average molecular weight is 301 g/mol. The van der Waals surface area contributed by atoms with Crippen molar-refractivity contribution in [3.05, 3.63) is 29.3 Å². The van der Waals surface area contributed by atoms with E-state index in [9.17, 15) is 13.5 Å². The van der Waals surface area contributed by atoms with Gasteiger partial charge >= 0.3 is 0 Å². The number of benzene rings is 1. The highest BCUT2D eigenvalue weighted by Crippen LogP contribution is 2.18. The van der Waals surface area contributed by atoms with E-state index < -0.39 is 15.9 Å². The summed E-state index contributed by atoms with van der Waals surface area (Å²) >= 11 is 0. The maximum absolute atomic E-state index is 10.9. The molecule has 5 nitrogen and oxygen atoms in total. The average Bonchev–Trinajstić information content (AvgIpc) is 2.32. The van der Waals surface area contributed by atoms with Gasteiger partial charge in [-0.25, -0.2) is 8.42 Å². The Labute approximate surface area is 120 Å². The Hall–Kier alpha value is -1.11. The molecule has 0 fully saturated rings. The van der Waals surface area contributed by atoms with Crippen molar-refractivity contribution in [3.8, 4) is 5.75 Å². The summed E-state index contributed by atoms with van der Waals surface area (Å²) < 4.78 is 27.4. The number of hydrogen-bond acceptors (Lipinski definition) is 5. The standard InChI is InChI=1S/C14H23NO4S/c1-11-4-5-14(12(2)8-11)19-10-13(16)9-15-6-7-20(3,17)18/h4-5,8,13,15-16H,6-7,9-10H2,1-3H3. The summed E-state index contributed by atoms with van der Waals surface area (Å²) in [6, 6.07) is 5.86. The van der Waals surface area contributed by atoms with Crippen molar-refractivity contribution in [1.29, 1.82) is 0 Å². The summed E-state index contributed by atoms with van der Waals surface area (Å²) in [6.07, 6.45) is 0.518. The van der Waals surface area contributed by atoms with E-state index in [0.717, 1.165) is 16.9 Å².